The van der Waals surface area contributed by atoms with E-state index in [0.29, 0.717) is 0 Å². The second-order valence-corrected chi connectivity index (χ2v) is 3.61. The first-order valence-corrected chi connectivity index (χ1v) is 5.28. The van der Waals surface area contributed by atoms with Crippen molar-refractivity contribution in [3.63, 3.8) is 0 Å². The summed E-state index contributed by atoms with van der Waals surface area (Å²) in [6, 6.07) is -0.322. The van der Waals surface area contributed by atoms with Crippen LogP contribution in [0.1, 0.15) is 26.2 Å². The van der Waals surface area contributed by atoms with Crippen LogP contribution in [-0.4, -0.2) is 44.0 Å². The van der Waals surface area contributed by atoms with E-state index in [1.807, 2.05) is 7.05 Å². The minimum atomic E-state index is -0.322. The zero-order valence-corrected chi connectivity index (χ0v) is 9.55. The molecule has 0 aromatic carbocycles. The molecule has 1 amide bonds. The molecule has 3 N–H and O–H groups in total. The number of carbonyl (C=O) groups excluding carboxylic acids is 1. The Balaban J connectivity index is 3.78. The molecular formula is C10H23N3O. The molecule has 84 valence electrons. The van der Waals surface area contributed by atoms with Gasteiger partial charge in [-0.2, -0.15) is 0 Å². The third kappa shape index (κ3) is 5.19. The predicted octanol–water partition coefficient (Wildman–Crippen LogP) is 0.182. The van der Waals surface area contributed by atoms with Gasteiger partial charge in [-0.3, -0.25) is 4.79 Å². The van der Waals surface area contributed by atoms with Gasteiger partial charge in [0.2, 0.25) is 5.91 Å². The molecular weight excluding hydrogens is 178 g/mol. The molecule has 0 saturated carbocycles. The molecule has 0 aliphatic heterocycles. The molecule has 0 aliphatic carbocycles. The number of rotatable bonds is 7. The van der Waals surface area contributed by atoms with Gasteiger partial charge in [-0.1, -0.05) is 19.8 Å². The lowest BCUT2D eigenvalue weighted by atomic mass is 10.1. The first kappa shape index (κ1) is 13.4. The van der Waals surface area contributed by atoms with Crippen LogP contribution in [-0.2, 0) is 4.79 Å². The molecule has 14 heavy (non-hydrogen) atoms. The van der Waals surface area contributed by atoms with Gasteiger partial charge in [0.15, 0.2) is 0 Å². The predicted molar refractivity (Wildman–Crippen MR) is 59.1 cm³/mol. The largest absolute Gasteiger partial charge is 0.343 e. The van der Waals surface area contributed by atoms with Gasteiger partial charge in [0.05, 0.1) is 6.04 Å². The van der Waals surface area contributed by atoms with Gasteiger partial charge in [0.1, 0.15) is 0 Å². The van der Waals surface area contributed by atoms with Crippen molar-refractivity contribution in [2.45, 2.75) is 32.2 Å². The van der Waals surface area contributed by atoms with Crippen LogP contribution in [0.5, 0.6) is 0 Å². The number of unbranched alkanes of at least 4 members (excludes halogenated alkanes) is 1. The van der Waals surface area contributed by atoms with Gasteiger partial charge in [0, 0.05) is 20.1 Å². The van der Waals surface area contributed by atoms with Crippen molar-refractivity contribution in [2.75, 3.05) is 27.2 Å². The zero-order valence-electron chi connectivity index (χ0n) is 9.55. The molecule has 0 radical (unpaired) electrons. The minimum absolute atomic E-state index is 0.0497. The Hall–Kier alpha value is -0.610. The average molecular weight is 201 g/mol. The van der Waals surface area contributed by atoms with E-state index >= 15 is 0 Å². The summed E-state index contributed by atoms with van der Waals surface area (Å²) in [7, 11) is 3.67. The summed E-state index contributed by atoms with van der Waals surface area (Å²) in [4.78, 5) is 13.3. The number of nitrogens with two attached hydrogens (primary N) is 1. The van der Waals surface area contributed by atoms with E-state index in [0.717, 1.165) is 32.4 Å². The molecule has 0 fully saturated rings. The number of nitrogens with zero attached hydrogens (tertiary/aromatic N) is 1. The Labute approximate surface area is 86.8 Å². The topological polar surface area (TPSA) is 58.4 Å². The lowest BCUT2D eigenvalue weighted by molar-refractivity contribution is -0.131. The van der Waals surface area contributed by atoms with Crippen LogP contribution in [0.4, 0.5) is 0 Å². The molecule has 0 rings (SSSR count). The standard InChI is InChI=1S/C10H23N3O/c1-4-5-6-9(11)10(14)13(3)8-7-12-2/h9,12H,4-8,11H2,1-3H3/t9-/m0/s1. The molecule has 0 unspecified atom stereocenters. The summed E-state index contributed by atoms with van der Waals surface area (Å²) < 4.78 is 0. The van der Waals surface area contributed by atoms with Gasteiger partial charge in [-0.05, 0) is 13.5 Å². The highest BCUT2D eigenvalue weighted by atomic mass is 16.2. The third-order valence-electron chi connectivity index (χ3n) is 2.26. The molecule has 0 aromatic heterocycles. The zero-order chi connectivity index (χ0) is 11.0. The second-order valence-electron chi connectivity index (χ2n) is 3.61. The van der Waals surface area contributed by atoms with Gasteiger partial charge in [-0.25, -0.2) is 0 Å². The van der Waals surface area contributed by atoms with E-state index in [1.54, 1.807) is 11.9 Å². The van der Waals surface area contributed by atoms with Crippen LogP contribution in [0.15, 0.2) is 0 Å². The molecule has 1 atom stereocenters. The van der Waals surface area contributed by atoms with Crippen LogP contribution in [0, 0.1) is 0 Å². The van der Waals surface area contributed by atoms with Crippen LogP contribution >= 0.6 is 0 Å². The normalized spacial score (nSPS) is 12.6. The molecule has 0 saturated heterocycles. The van der Waals surface area contributed by atoms with Crippen molar-refractivity contribution in [3.05, 3.63) is 0 Å². The van der Waals surface area contributed by atoms with Crippen LogP contribution < -0.4 is 11.1 Å². The summed E-state index contributed by atoms with van der Waals surface area (Å²) in [5.41, 5.74) is 5.76. The number of hydrogen-bond acceptors (Lipinski definition) is 3. The summed E-state index contributed by atoms with van der Waals surface area (Å²) in [6.45, 7) is 3.62. The SMILES string of the molecule is CCCC[C@H](N)C(=O)N(C)CCNC. The van der Waals surface area contributed by atoms with E-state index in [2.05, 4.69) is 12.2 Å². The maximum absolute atomic E-state index is 11.6. The fourth-order valence-electron chi connectivity index (χ4n) is 1.22. The maximum Gasteiger partial charge on any atom is 0.239 e. The molecule has 0 spiro atoms. The molecule has 0 bridgehead atoms. The van der Waals surface area contributed by atoms with E-state index in [-0.39, 0.29) is 11.9 Å². The first-order valence-electron chi connectivity index (χ1n) is 5.28. The Morgan fingerprint density at radius 2 is 2.21 bits per heavy atom. The Bertz CT molecular complexity index is 145. The van der Waals surface area contributed by atoms with E-state index in [1.165, 1.54) is 0 Å². The lowest BCUT2D eigenvalue weighted by Crippen LogP contribution is -2.43. The van der Waals surface area contributed by atoms with Crippen molar-refractivity contribution in [1.29, 1.82) is 0 Å². The fraction of sp³-hybridized carbons (Fsp3) is 0.900. The molecule has 0 aliphatic rings. The highest BCUT2D eigenvalue weighted by Crippen LogP contribution is 2.00. The van der Waals surface area contributed by atoms with Crippen molar-refractivity contribution in [2.24, 2.45) is 5.73 Å². The van der Waals surface area contributed by atoms with Crippen LogP contribution in [0.25, 0.3) is 0 Å². The van der Waals surface area contributed by atoms with Gasteiger partial charge in [-0.15, -0.1) is 0 Å². The van der Waals surface area contributed by atoms with Crippen LogP contribution in [0.2, 0.25) is 0 Å². The smallest absolute Gasteiger partial charge is 0.239 e. The first-order chi connectivity index (χ1) is 6.63. The molecule has 4 heteroatoms. The molecule has 0 heterocycles. The third-order valence-corrected chi connectivity index (χ3v) is 2.26. The highest BCUT2D eigenvalue weighted by molar-refractivity contribution is 5.81. The number of hydrogen-bond donors (Lipinski definition) is 2. The van der Waals surface area contributed by atoms with Crippen molar-refractivity contribution >= 4 is 5.91 Å². The summed E-state index contributed by atoms with van der Waals surface area (Å²) in [5, 5.41) is 3.00. The summed E-state index contributed by atoms with van der Waals surface area (Å²) in [6.07, 6.45) is 2.90. The number of nitrogens with one attached hydrogen (secondary N) is 1. The summed E-state index contributed by atoms with van der Waals surface area (Å²) in [5.74, 6) is 0.0497. The Kier molecular flexibility index (Phi) is 7.42. The Morgan fingerprint density at radius 1 is 1.57 bits per heavy atom. The van der Waals surface area contributed by atoms with Crippen molar-refractivity contribution in [1.82, 2.24) is 10.2 Å². The Morgan fingerprint density at radius 3 is 2.71 bits per heavy atom. The fourth-order valence-corrected chi connectivity index (χ4v) is 1.22. The van der Waals surface area contributed by atoms with Crippen molar-refractivity contribution < 1.29 is 4.79 Å². The molecule has 4 nitrogen and oxygen atoms in total. The van der Waals surface area contributed by atoms with Crippen molar-refractivity contribution in [3.8, 4) is 0 Å². The highest BCUT2D eigenvalue weighted by Gasteiger charge is 2.16. The van der Waals surface area contributed by atoms with Gasteiger partial charge >= 0.3 is 0 Å². The van der Waals surface area contributed by atoms with E-state index in [9.17, 15) is 4.79 Å². The second kappa shape index (κ2) is 7.76. The van der Waals surface area contributed by atoms with Gasteiger partial charge < -0.3 is 16.0 Å². The van der Waals surface area contributed by atoms with Gasteiger partial charge in [0.25, 0.3) is 0 Å². The maximum atomic E-state index is 11.6. The number of likely N-dealkylation sites (N-methyl/N-ethyl adjacent to an activating group) is 2. The van der Waals surface area contributed by atoms with E-state index in [4.69, 9.17) is 5.73 Å². The van der Waals surface area contributed by atoms with E-state index < -0.39 is 0 Å². The monoisotopic (exact) mass is 201 g/mol. The average Bonchev–Trinajstić information content (AvgIpc) is 2.21. The number of carbonyl (C=O) groups is 1. The minimum Gasteiger partial charge on any atom is -0.343 e. The van der Waals surface area contributed by atoms with Crippen LogP contribution in [0.3, 0.4) is 0 Å². The lowest BCUT2D eigenvalue weighted by Gasteiger charge is -2.20. The quantitative estimate of drug-likeness (QED) is 0.618. The molecule has 0 aromatic rings. The number of amides is 1. The summed E-state index contributed by atoms with van der Waals surface area (Å²) >= 11 is 0.